The predicted molar refractivity (Wildman–Crippen MR) is 150 cm³/mol. The van der Waals surface area contributed by atoms with Crippen LogP contribution in [0.3, 0.4) is 0 Å². The van der Waals surface area contributed by atoms with E-state index < -0.39 is 27.7 Å². The summed E-state index contributed by atoms with van der Waals surface area (Å²) in [6, 6.07) is 12.1. The van der Waals surface area contributed by atoms with Crippen LogP contribution in [0.25, 0.3) is 22.3 Å². The minimum atomic E-state index is -4.51. The molecule has 5 aromatic rings. The van der Waals surface area contributed by atoms with Crippen molar-refractivity contribution in [3.05, 3.63) is 90.0 Å². The quantitative estimate of drug-likeness (QED) is 0.306. The number of aromatic nitrogens is 6. The van der Waals surface area contributed by atoms with Gasteiger partial charge in [0.1, 0.15) is 5.82 Å². The van der Waals surface area contributed by atoms with Gasteiger partial charge < -0.3 is 14.8 Å². The maximum Gasteiger partial charge on any atom is 0.449 e. The van der Waals surface area contributed by atoms with Gasteiger partial charge in [0.15, 0.2) is 9.84 Å². The van der Waals surface area contributed by atoms with Crippen molar-refractivity contribution in [3.8, 4) is 11.4 Å². The van der Waals surface area contributed by atoms with E-state index in [4.69, 9.17) is 9.97 Å². The predicted octanol–water partition coefficient (Wildman–Crippen LogP) is 3.66. The molecule has 1 aliphatic heterocycles. The Morgan fingerprint density at radius 1 is 0.977 bits per heavy atom. The summed E-state index contributed by atoms with van der Waals surface area (Å²) < 4.78 is 64.5. The van der Waals surface area contributed by atoms with Crippen LogP contribution in [0.4, 0.5) is 19.0 Å². The lowest BCUT2D eigenvalue weighted by atomic mass is 10.2. The summed E-state index contributed by atoms with van der Waals surface area (Å²) in [6.07, 6.45) is 1.88. The fourth-order valence-electron chi connectivity index (χ4n) is 4.76. The van der Waals surface area contributed by atoms with E-state index in [1.807, 2.05) is 17.0 Å². The van der Waals surface area contributed by atoms with Crippen molar-refractivity contribution in [3.63, 3.8) is 0 Å². The second-order valence-corrected chi connectivity index (χ2v) is 12.0. The Morgan fingerprint density at radius 2 is 1.79 bits per heavy atom. The number of nitrogens with one attached hydrogen (secondary N) is 1. The lowest BCUT2D eigenvalue weighted by Gasteiger charge is -2.30. The van der Waals surface area contributed by atoms with Crippen LogP contribution in [-0.4, -0.2) is 56.6 Å². The van der Waals surface area contributed by atoms with Crippen LogP contribution in [0, 0.1) is 0 Å². The molecule has 0 aliphatic carbocycles. The van der Waals surface area contributed by atoms with Crippen molar-refractivity contribution < 1.29 is 26.4 Å². The SMILES string of the molecule is CS(=O)(=O)c1cncc(C(=O)NCc2cc3nc(-c4cccc(N5CCn6c(cnc6C(F)(F)F)C5)n4)ccc3cn2)c1. The molecule has 5 aromatic heterocycles. The van der Waals surface area contributed by atoms with Crippen LogP contribution in [0.15, 0.2) is 72.1 Å². The smallest absolute Gasteiger partial charge is 0.349 e. The van der Waals surface area contributed by atoms with Crippen LogP contribution in [0.2, 0.25) is 0 Å². The lowest BCUT2D eigenvalue weighted by molar-refractivity contribution is -0.147. The van der Waals surface area contributed by atoms with Gasteiger partial charge in [-0.1, -0.05) is 6.07 Å². The van der Waals surface area contributed by atoms with Gasteiger partial charge in [-0.25, -0.2) is 23.4 Å². The molecule has 43 heavy (non-hydrogen) atoms. The van der Waals surface area contributed by atoms with E-state index >= 15 is 0 Å². The zero-order valence-corrected chi connectivity index (χ0v) is 23.4. The Balaban J connectivity index is 1.19. The fraction of sp³-hybridized carbons (Fsp3) is 0.214. The average Bonchev–Trinajstić information content (AvgIpc) is 3.43. The van der Waals surface area contributed by atoms with Crippen molar-refractivity contribution >= 4 is 32.5 Å². The van der Waals surface area contributed by atoms with E-state index in [2.05, 4.69) is 20.3 Å². The third-order valence-electron chi connectivity index (χ3n) is 6.92. The van der Waals surface area contributed by atoms with E-state index in [1.165, 1.54) is 29.2 Å². The van der Waals surface area contributed by atoms with E-state index in [0.29, 0.717) is 40.7 Å². The van der Waals surface area contributed by atoms with Crippen LogP contribution in [0.1, 0.15) is 27.6 Å². The minimum Gasteiger partial charge on any atom is -0.349 e. The van der Waals surface area contributed by atoms with Gasteiger partial charge in [-0.05, 0) is 36.4 Å². The molecule has 15 heteroatoms. The molecule has 6 rings (SSSR count). The number of hydrogen-bond donors (Lipinski definition) is 1. The van der Waals surface area contributed by atoms with Gasteiger partial charge in [0, 0.05) is 43.3 Å². The molecule has 0 unspecified atom stereocenters. The van der Waals surface area contributed by atoms with Crippen molar-refractivity contribution in [2.24, 2.45) is 0 Å². The summed E-state index contributed by atoms with van der Waals surface area (Å²) in [4.78, 5) is 35.7. The first-order valence-corrected chi connectivity index (χ1v) is 14.9. The number of anilines is 1. The highest BCUT2D eigenvalue weighted by Crippen LogP contribution is 2.31. The zero-order valence-electron chi connectivity index (χ0n) is 22.6. The number of fused-ring (bicyclic) bond motifs is 2. The number of alkyl halides is 3. The molecule has 0 radical (unpaired) electrons. The molecule has 220 valence electrons. The van der Waals surface area contributed by atoms with Gasteiger partial charge >= 0.3 is 6.18 Å². The van der Waals surface area contributed by atoms with Gasteiger partial charge in [-0.3, -0.25) is 14.8 Å². The zero-order chi connectivity index (χ0) is 30.4. The Bertz CT molecular complexity index is 1980. The highest BCUT2D eigenvalue weighted by atomic mass is 32.2. The summed E-state index contributed by atoms with van der Waals surface area (Å²) in [5, 5.41) is 3.48. The van der Waals surface area contributed by atoms with E-state index in [9.17, 15) is 26.4 Å². The molecule has 0 bridgehead atoms. The van der Waals surface area contributed by atoms with Gasteiger partial charge in [0.25, 0.3) is 5.91 Å². The Morgan fingerprint density at radius 3 is 2.58 bits per heavy atom. The minimum absolute atomic E-state index is 0.0547. The standard InChI is InChI=1S/C28H23F3N8O3S/c1-43(41,42)21-9-18(11-32-15-21)26(40)34-13-19-10-24-17(12-33-19)5-6-23(36-24)22-3-2-4-25(37-22)38-7-8-39-20(16-38)14-35-27(39)28(29,30)31/h2-6,9-12,14-15H,7-8,13,16H2,1H3,(H,34,40). The molecule has 1 N–H and O–H groups in total. The van der Waals surface area contributed by atoms with Crippen molar-refractivity contribution in [2.75, 3.05) is 17.7 Å². The molecule has 11 nitrogen and oxygen atoms in total. The van der Waals surface area contributed by atoms with Crippen molar-refractivity contribution in [1.82, 2.24) is 34.8 Å². The molecule has 1 amide bonds. The first-order valence-electron chi connectivity index (χ1n) is 13.0. The summed E-state index contributed by atoms with van der Waals surface area (Å²) >= 11 is 0. The van der Waals surface area contributed by atoms with Crippen LogP contribution in [0.5, 0.6) is 0 Å². The summed E-state index contributed by atoms with van der Waals surface area (Å²) in [5.74, 6) is -0.790. The van der Waals surface area contributed by atoms with Gasteiger partial charge in [0.2, 0.25) is 5.82 Å². The maximum atomic E-state index is 13.2. The Labute approximate surface area is 243 Å². The van der Waals surface area contributed by atoms with E-state index in [1.54, 1.807) is 30.5 Å². The van der Waals surface area contributed by atoms with Gasteiger partial charge in [-0.2, -0.15) is 13.2 Å². The number of hydrogen-bond acceptors (Lipinski definition) is 9. The number of imidazole rings is 1. The van der Waals surface area contributed by atoms with Gasteiger partial charge in [-0.15, -0.1) is 0 Å². The lowest BCUT2D eigenvalue weighted by Crippen LogP contribution is -2.35. The molecule has 0 spiro atoms. The highest BCUT2D eigenvalue weighted by molar-refractivity contribution is 7.90. The third kappa shape index (κ3) is 5.88. The monoisotopic (exact) mass is 608 g/mol. The molecular weight excluding hydrogens is 585 g/mol. The van der Waals surface area contributed by atoms with Crippen molar-refractivity contribution in [2.45, 2.75) is 30.7 Å². The van der Waals surface area contributed by atoms with Gasteiger partial charge in [0.05, 0.1) is 58.0 Å². The Kier molecular flexibility index (Phi) is 7.04. The highest BCUT2D eigenvalue weighted by Gasteiger charge is 2.38. The molecule has 0 saturated carbocycles. The summed E-state index contributed by atoms with van der Waals surface area (Å²) in [5.41, 5.74) is 2.88. The largest absolute Gasteiger partial charge is 0.449 e. The maximum absolute atomic E-state index is 13.2. The first kappa shape index (κ1) is 28.2. The molecular formula is C28H23F3N8O3S. The number of halogens is 3. The van der Waals surface area contributed by atoms with Crippen LogP contribution < -0.4 is 10.2 Å². The molecule has 0 fully saturated rings. The van der Waals surface area contributed by atoms with E-state index in [-0.39, 0.29) is 30.1 Å². The number of carbonyl (C=O) groups is 1. The Hall–Kier alpha value is -4.92. The second kappa shape index (κ2) is 10.7. The third-order valence-corrected chi connectivity index (χ3v) is 8.00. The first-order chi connectivity index (χ1) is 20.5. The molecule has 6 heterocycles. The molecule has 0 aromatic carbocycles. The summed E-state index contributed by atoms with van der Waals surface area (Å²) in [6.45, 7) is 0.777. The topological polar surface area (TPSA) is 136 Å². The molecule has 0 atom stereocenters. The van der Waals surface area contributed by atoms with Crippen LogP contribution >= 0.6 is 0 Å². The number of pyridine rings is 4. The second-order valence-electron chi connectivity index (χ2n) is 9.95. The number of rotatable bonds is 6. The number of sulfone groups is 1. The van der Waals surface area contributed by atoms with E-state index in [0.717, 1.165) is 11.6 Å². The number of carbonyl (C=O) groups excluding carboxylic acids is 1. The average molecular weight is 609 g/mol. The van der Waals surface area contributed by atoms with Crippen LogP contribution in [-0.2, 0) is 35.6 Å². The van der Waals surface area contributed by atoms with Crippen molar-refractivity contribution in [1.29, 1.82) is 0 Å². The normalized spacial score (nSPS) is 13.6. The fourth-order valence-corrected chi connectivity index (χ4v) is 5.36. The number of amides is 1. The number of nitrogens with zero attached hydrogens (tertiary/aromatic N) is 7. The molecule has 1 aliphatic rings. The molecule has 0 saturated heterocycles. The summed E-state index contributed by atoms with van der Waals surface area (Å²) in [7, 11) is -3.51.